The highest BCUT2D eigenvalue weighted by molar-refractivity contribution is 7.89. The van der Waals surface area contributed by atoms with Gasteiger partial charge in [-0.15, -0.1) is 0 Å². The quantitative estimate of drug-likeness (QED) is 0.412. The zero-order valence-electron chi connectivity index (χ0n) is 20.8. The van der Waals surface area contributed by atoms with Crippen LogP contribution in [0.4, 0.5) is 0 Å². The van der Waals surface area contributed by atoms with Gasteiger partial charge < -0.3 is 10.2 Å². The molecule has 0 radical (unpaired) electrons. The molecule has 0 bridgehead atoms. The Bertz CT molecular complexity index is 1590. The highest BCUT2D eigenvalue weighted by Crippen LogP contribution is 2.30. The van der Waals surface area contributed by atoms with Crippen LogP contribution in [0.1, 0.15) is 45.1 Å². The fourth-order valence-electron chi connectivity index (χ4n) is 4.03. The van der Waals surface area contributed by atoms with Crippen molar-refractivity contribution in [3.8, 4) is 17.2 Å². The molecule has 4 rings (SSSR count). The molecule has 0 saturated heterocycles. The van der Waals surface area contributed by atoms with Crippen LogP contribution in [0, 0.1) is 0 Å². The van der Waals surface area contributed by atoms with Gasteiger partial charge >= 0.3 is 0 Å². The van der Waals surface area contributed by atoms with Crippen LogP contribution in [0.5, 0.6) is 11.5 Å². The number of nitrogens with zero attached hydrogens (tertiary/aromatic N) is 3. The molecule has 0 aliphatic rings. The number of hydrogen-bond donors (Lipinski definition) is 2. The second kappa shape index (κ2) is 9.07. The van der Waals surface area contributed by atoms with Gasteiger partial charge in [0.25, 0.3) is 5.56 Å². The second-order valence-electron chi connectivity index (χ2n) is 9.77. The van der Waals surface area contributed by atoms with Gasteiger partial charge in [0, 0.05) is 7.05 Å². The van der Waals surface area contributed by atoms with Crippen LogP contribution in [0.15, 0.2) is 76.4 Å². The first-order valence-corrected chi connectivity index (χ1v) is 12.9. The summed E-state index contributed by atoms with van der Waals surface area (Å²) in [7, 11) is -2.50. The number of rotatable bonds is 5. The van der Waals surface area contributed by atoms with E-state index in [2.05, 4.69) is 25.8 Å². The van der Waals surface area contributed by atoms with Crippen molar-refractivity contribution in [3.63, 3.8) is 0 Å². The zero-order chi connectivity index (χ0) is 26.4. The van der Waals surface area contributed by atoms with Crippen LogP contribution < -0.4 is 5.56 Å². The van der Waals surface area contributed by atoms with Gasteiger partial charge in [0.2, 0.25) is 10.0 Å². The summed E-state index contributed by atoms with van der Waals surface area (Å²) in [6, 6.07) is 16.4. The minimum Gasteiger partial charge on any atom is -0.508 e. The maximum absolute atomic E-state index is 13.6. The third-order valence-electron chi connectivity index (χ3n) is 6.33. The smallest absolute Gasteiger partial charge is 0.269 e. The summed E-state index contributed by atoms with van der Waals surface area (Å²) in [5.74, 6) is -0.0470. The van der Waals surface area contributed by atoms with E-state index >= 15 is 0 Å². The molecule has 0 aliphatic heterocycles. The molecule has 9 heteroatoms. The third-order valence-corrected chi connectivity index (χ3v) is 8.27. The van der Waals surface area contributed by atoms with E-state index < -0.39 is 21.6 Å². The molecule has 0 amide bonds. The predicted octanol–water partition coefficient (Wildman–Crippen LogP) is 4.48. The second-order valence-corrected chi connectivity index (χ2v) is 11.8. The summed E-state index contributed by atoms with van der Waals surface area (Å²) in [5, 5.41) is 20.1. The Morgan fingerprint density at radius 3 is 2.14 bits per heavy atom. The van der Waals surface area contributed by atoms with Crippen molar-refractivity contribution >= 4 is 20.9 Å². The number of phenolic OH excluding ortho intramolecular Hbond substituents is 2. The third kappa shape index (κ3) is 4.47. The Balaban J connectivity index is 1.87. The number of hydrogen-bond acceptors (Lipinski definition) is 6. The Morgan fingerprint density at radius 1 is 0.944 bits per heavy atom. The van der Waals surface area contributed by atoms with E-state index in [0.29, 0.717) is 5.69 Å². The molecule has 3 aromatic carbocycles. The highest BCUT2D eigenvalue weighted by atomic mass is 32.2. The maximum atomic E-state index is 13.6. The molecular formula is C27H29N3O5S. The highest BCUT2D eigenvalue weighted by Gasteiger charge is 2.30. The number of aromatic hydroxyl groups is 2. The summed E-state index contributed by atoms with van der Waals surface area (Å²) in [4.78, 5) is 18.3. The van der Waals surface area contributed by atoms with Gasteiger partial charge in [-0.1, -0.05) is 39.0 Å². The van der Waals surface area contributed by atoms with E-state index in [4.69, 9.17) is 0 Å². The van der Waals surface area contributed by atoms with E-state index in [1.165, 1.54) is 46.3 Å². The largest absolute Gasteiger partial charge is 0.508 e. The standard InChI is InChI=1S/C27H29N3O5S/c1-17(29(5)36(34,35)21-15-9-18(10-16-21)27(2,3)4)25-28-22-7-6-8-23(32)24(22)26(33)30(25)19-11-13-20(31)14-12-19/h6-17,31-32H,1-5H3. The van der Waals surface area contributed by atoms with E-state index in [-0.39, 0.29) is 38.5 Å². The van der Waals surface area contributed by atoms with Gasteiger partial charge in [-0.3, -0.25) is 9.36 Å². The predicted molar refractivity (Wildman–Crippen MR) is 139 cm³/mol. The van der Waals surface area contributed by atoms with Crippen molar-refractivity contribution in [1.82, 2.24) is 13.9 Å². The number of benzene rings is 3. The van der Waals surface area contributed by atoms with E-state index in [0.717, 1.165) is 5.56 Å². The molecule has 8 nitrogen and oxygen atoms in total. The number of aromatic nitrogens is 2. The first kappa shape index (κ1) is 25.4. The lowest BCUT2D eigenvalue weighted by molar-refractivity contribution is 0.379. The topological polar surface area (TPSA) is 113 Å². The van der Waals surface area contributed by atoms with Gasteiger partial charge in [-0.2, -0.15) is 4.31 Å². The molecule has 2 N–H and O–H groups in total. The van der Waals surface area contributed by atoms with Crippen LogP contribution >= 0.6 is 0 Å². The fraction of sp³-hybridized carbons (Fsp3) is 0.259. The summed E-state index contributed by atoms with van der Waals surface area (Å²) in [5.41, 5.74) is 0.956. The Kier molecular flexibility index (Phi) is 6.40. The van der Waals surface area contributed by atoms with Gasteiger partial charge in [0.1, 0.15) is 22.7 Å². The van der Waals surface area contributed by atoms with Gasteiger partial charge in [-0.25, -0.2) is 13.4 Å². The Hall–Kier alpha value is -3.69. The number of phenols is 2. The van der Waals surface area contributed by atoms with Crippen molar-refractivity contribution in [2.45, 2.75) is 44.0 Å². The molecule has 1 aromatic heterocycles. The molecule has 36 heavy (non-hydrogen) atoms. The van der Waals surface area contributed by atoms with Crippen molar-refractivity contribution in [2.24, 2.45) is 0 Å². The molecule has 0 aliphatic carbocycles. The van der Waals surface area contributed by atoms with E-state index in [1.54, 1.807) is 43.3 Å². The zero-order valence-corrected chi connectivity index (χ0v) is 21.6. The SMILES string of the molecule is CC(c1nc2cccc(O)c2c(=O)n1-c1ccc(O)cc1)N(C)S(=O)(=O)c1ccc(C(C)(C)C)cc1. The Labute approximate surface area is 210 Å². The molecule has 1 heterocycles. The average molecular weight is 508 g/mol. The normalized spacial score (nSPS) is 13.3. The molecule has 188 valence electrons. The molecular weight excluding hydrogens is 478 g/mol. The van der Waals surface area contributed by atoms with Crippen LogP contribution in [0.25, 0.3) is 16.6 Å². The molecule has 1 atom stereocenters. The molecule has 0 spiro atoms. The molecule has 0 fully saturated rings. The molecule has 4 aromatic rings. The van der Waals surface area contributed by atoms with Crippen LogP contribution in [0.3, 0.4) is 0 Å². The van der Waals surface area contributed by atoms with E-state index in [1.807, 2.05) is 0 Å². The maximum Gasteiger partial charge on any atom is 0.269 e. The minimum absolute atomic E-state index is 0.0105. The van der Waals surface area contributed by atoms with Crippen LogP contribution in [-0.2, 0) is 15.4 Å². The van der Waals surface area contributed by atoms with Crippen LogP contribution in [-0.4, -0.2) is 39.5 Å². The summed E-state index contributed by atoms with van der Waals surface area (Å²) in [6.45, 7) is 7.80. The summed E-state index contributed by atoms with van der Waals surface area (Å²) >= 11 is 0. The molecule has 1 unspecified atom stereocenters. The average Bonchev–Trinajstić information content (AvgIpc) is 2.83. The monoisotopic (exact) mass is 507 g/mol. The van der Waals surface area contributed by atoms with Gasteiger partial charge in [0.15, 0.2) is 0 Å². The van der Waals surface area contributed by atoms with E-state index in [9.17, 15) is 23.4 Å². The van der Waals surface area contributed by atoms with Crippen molar-refractivity contribution in [3.05, 3.63) is 88.5 Å². The first-order chi connectivity index (χ1) is 16.8. The van der Waals surface area contributed by atoms with Crippen molar-refractivity contribution in [1.29, 1.82) is 0 Å². The molecule has 0 saturated carbocycles. The Morgan fingerprint density at radius 2 is 1.56 bits per heavy atom. The lowest BCUT2D eigenvalue weighted by atomic mass is 9.87. The van der Waals surface area contributed by atoms with Crippen molar-refractivity contribution in [2.75, 3.05) is 7.05 Å². The van der Waals surface area contributed by atoms with Gasteiger partial charge in [-0.05, 0) is 66.4 Å². The van der Waals surface area contributed by atoms with Crippen LogP contribution in [0.2, 0.25) is 0 Å². The first-order valence-electron chi connectivity index (χ1n) is 11.4. The summed E-state index contributed by atoms with van der Waals surface area (Å²) in [6.07, 6.45) is 0. The lowest BCUT2D eigenvalue weighted by Crippen LogP contribution is -2.35. The minimum atomic E-state index is -3.94. The lowest BCUT2D eigenvalue weighted by Gasteiger charge is -2.27. The van der Waals surface area contributed by atoms with Gasteiger partial charge in [0.05, 0.1) is 22.1 Å². The van der Waals surface area contributed by atoms with Crippen molar-refractivity contribution < 1.29 is 18.6 Å². The fourth-order valence-corrected chi connectivity index (χ4v) is 5.35. The summed E-state index contributed by atoms with van der Waals surface area (Å²) < 4.78 is 29.5. The number of fused-ring (bicyclic) bond motifs is 1. The number of sulfonamides is 1.